The molecule has 2 rings (SSSR count). The zero-order valence-corrected chi connectivity index (χ0v) is 13.1. The molecule has 0 aliphatic heterocycles. The van der Waals surface area contributed by atoms with Crippen LogP contribution in [0.3, 0.4) is 0 Å². The van der Waals surface area contributed by atoms with Gasteiger partial charge in [0.15, 0.2) is 6.61 Å². The molecule has 3 nitrogen and oxygen atoms in total. The third-order valence-electron chi connectivity index (χ3n) is 4.18. The second kappa shape index (κ2) is 8.71. The van der Waals surface area contributed by atoms with E-state index in [-0.39, 0.29) is 12.5 Å². The molecular weight excluding hydrogens is 262 g/mol. The first-order valence-corrected chi connectivity index (χ1v) is 8.29. The Morgan fingerprint density at radius 1 is 1.19 bits per heavy atom. The summed E-state index contributed by atoms with van der Waals surface area (Å²) in [6.07, 6.45) is 8.79. The van der Waals surface area contributed by atoms with Gasteiger partial charge in [-0.15, -0.1) is 0 Å². The van der Waals surface area contributed by atoms with Crippen molar-refractivity contribution in [2.45, 2.75) is 57.8 Å². The molecule has 1 saturated carbocycles. The Kier molecular flexibility index (Phi) is 6.58. The Hall–Kier alpha value is -1.51. The molecule has 1 fully saturated rings. The number of hydrogen-bond donors (Lipinski definition) is 1. The highest BCUT2D eigenvalue weighted by molar-refractivity contribution is 5.77. The van der Waals surface area contributed by atoms with E-state index in [0.29, 0.717) is 5.92 Å². The van der Waals surface area contributed by atoms with Crippen molar-refractivity contribution in [2.24, 2.45) is 0 Å². The number of hydrogen-bond acceptors (Lipinski definition) is 2. The first kappa shape index (κ1) is 15.9. The molecular formula is C18H27NO2. The van der Waals surface area contributed by atoms with Gasteiger partial charge in [0.05, 0.1) is 0 Å². The van der Waals surface area contributed by atoms with Gasteiger partial charge in [0, 0.05) is 6.54 Å². The third-order valence-corrected chi connectivity index (χ3v) is 4.18. The lowest BCUT2D eigenvalue weighted by Gasteiger charge is -2.22. The molecule has 0 unspecified atom stereocenters. The molecule has 0 bridgehead atoms. The summed E-state index contributed by atoms with van der Waals surface area (Å²) in [6.45, 7) is 2.95. The van der Waals surface area contributed by atoms with Gasteiger partial charge in [0.25, 0.3) is 5.91 Å². The normalized spacial score (nSPS) is 15.7. The van der Waals surface area contributed by atoms with Crippen LogP contribution in [0.5, 0.6) is 5.75 Å². The summed E-state index contributed by atoms with van der Waals surface area (Å²) in [5.41, 5.74) is 1.41. The third kappa shape index (κ3) is 5.41. The lowest BCUT2D eigenvalue weighted by atomic mass is 9.84. The predicted molar refractivity (Wildman–Crippen MR) is 85.7 cm³/mol. The molecule has 1 amide bonds. The summed E-state index contributed by atoms with van der Waals surface area (Å²) >= 11 is 0. The average Bonchev–Trinajstić information content (AvgIpc) is 2.54. The van der Waals surface area contributed by atoms with Crippen molar-refractivity contribution in [3.8, 4) is 5.75 Å². The largest absolute Gasteiger partial charge is 0.484 e. The Balaban J connectivity index is 1.75. The molecule has 1 aliphatic rings. The van der Waals surface area contributed by atoms with Crippen LogP contribution in [0, 0.1) is 0 Å². The van der Waals surface area contributed by atoms with Crippen LogP contribution in [0.25, 0.3) is 0 Å². The van der Waals surface area contributed by atoms with E-state index in [1.54, 1.807) is 0 Å². The molecule has 116 valence electrons. The van der Waals surface area contributed by atoms with Crippen molar-refractivity contribution in [2.75, 3.05) is 13.2 Å². The summed E-state index contributed by atoms with van der Waals surface area (Å²) in [7, 11) is 0. The number of ether oxygens (including phenoxy) is 1. The van der Waals surface area contributed by atoms with Crippen molar-refractivity contribution >= 4 is 5.91 Å². The maximum atomic E-state index is 11.6. The molecule has 0 heterocycles. The van der Waals surface area contributed by atoms with Gasteiger partial charge >= 0.3 is 0 Å². The van der Waals surface area contributed by atoms with Gasteiger partial charge in [-0.25, -0.2) is 0 Å². The number of carbonyl (C=O) groups excluding carboxylic acids is 1. The Labute approximate surface area is 128 Å². The van der Waals surface area contributed by atoms with E-state index in [4.69, 9.17) is 4.74 Å². The van der Waals surface area contributed by atoms with Crippen molar-refractivity contribution in [3.63, 3.8) is 0 Å². The Morgan fingerprint density at radius 2 is 1.90 bits per heavy atom. The fourth-order valence-electron chi connectivity index (χ4n) is 2.88. The first-order valence-electron chi connectivity index (χ1n) is 8.29. The molecule has 0 aromatic heterocycles. The quantitative estimate of drug-likeness (QED) is 0.770. The number of carbonyl (C=O) groups is 1. The monoisotopic (exact) mass is 289 g/mol. The van der Waals surface area contributed by atoms with Gasteiger partial charge in [-0.2, -0.15) is 0 Å². The molecule has 1 aromatic rings. The molecule has 0 saturated heterocycles. The van der Waals surface area contributed by atoms with Gasteiger partial charge in [-0.1, -0.05) is 44.7 Å². The van der Waals surface area contributed by atoms with Gasteiger partial charge < -0.3 is 10.1 Å². The summed E-state index contributed by atoms with van der Waals surface area (Å²) < 4.78 is 5.53. The van der Waals surface area contributed by atoms with E-state index in [1.165, 1.54) is 37.7 Å². The smallest absolute Gasteiger partial charge is 0.257 e. The highest BCUT2D eigenvalue weighted by Crippen LogP contribution is 2.33. The number of rotatable bonds is 7. The van der Waals surface area contributed by atoms with Gasteiger partial charge in [0.2, 0.25) is 0 Å². The van der Waals surface area contributed by atoms with Crippen molar-refractivity contribution in [3.05, 3.63) is 29.8 Å². The minimum absolute atomic E-state index is 0.0418. The molecule has 21 heavy (non-hydrogen) atoms. The van der Waals surface area contributed by atoms with Gasteiger partial charge in [-0.3, -0.25) is 4.79 Å². The molecule has 0 radical (unpaired) electrons. The average molecular weight is 289 g/mol. The number of benzene rings is 1. The second-order valence-corrected chi connectivity index (χ2v) is 5.90. The standard InChI is InChI=1S/C18H27NO2/c1-2-3-13-19-18(20)14-21-17-11-9-16(10-12-17)15-7-5-4-6-8-15/h9-12,15H,2-8,13-14H2,1H3,(H,19,20). The number of unbranched alkanes of at least 4 members (excludes halogenated alkanes) is 1. The Bertz CT molecular complexity index is 421. The molecule has 1 aliphatic carbocycles. The van der Waals surface area contributed by atoms with E-state index in [1.807, 2.05) is 12.1 Å². The predicted octanol–water partition coefficient (Wildman–Crippen LogP) is 4.03. The van der Waals surface area contributed by atoms with Crippen molar-refractivity contribution in [1.82, 2.24) is 5.32 Å². The van der Waals surface area contributed by atoms with Crippen LogP contribution in [0.1, 0.15) is 63.4 Å². The number of nitrogens with one attached hydrogen (secondary N) is 1. The van der Waals surface area contributed by atoms with E-state index >= 15 is 0 Å². The zero-order chi connectivity index (χ0) is 14.9. The van der Waals surface area contributed by atoms with Crippen LogP contribution in [0.4, 0.5) is 0 Å². The van der Waals surface area contributed by atoms with E-state index < -0.39 is 0 Å². The topological polar surface area (TPSA) is 38.3 Å². The lowest BCUT2D eigenvalue weighted by molar-refractivity contribution is -0.123. The van der Waals surface area contributed by atoms with E-state index in [9.17, 15) is 4.79 Å². The van der Waals surface area contributed by atoms with E-state index in [2.05, 4.69) is 24.4 Å². The molecule has 0 atom stereocenters. The second-order valence-electron chi connectivity index (χ2n) is 5.90. The van der Waals surface area contributed by atoms with Crippen molar-refractivity contribution < 1.29 is 9.53 Å². The van der Waals surface area contributed by atoms with Gasteiger partial charge in [0.1, 0.15) is 5.75 Å². The maximum Gasteiger partial charge on any atom is 0.257 e. The maximum absolute atomic E-state index is 11.6. The van der Waals surface area contributed by atoms with Crippen LogP contribution >= 0.6 is 0 Å². The summed E-state index contributed by atoms with van der Waals surface area (Å²) in [6, 6.07) is 8.28. The molecule has 1 N–H and O–H groups in total. The van der Waals surface area contributed by atoms with Crippen LogP contribution < -0.4 is 10.1 Å². The minimum Gasteiger partial charge on any atom is -0.484 e. The minimum atomic E-state index is -0.0418. The first-order chi connectivity index (χ1) is 10.3. The molecule has 3 heteroatoms. The van der Waals surface area contributed by atoms with Crippen molar-refractivity contribution in [1.29, 1.82) is 0 Å². The van der Waals surface area contributed by atoms with Crippen LogP contribution in [-0.2, 0) is 4.79 Å². The summed E-state index contributed by atoms with van der Waals surface area (Å²) in [5.74, 6) is 1.45. The molecule has 0 spiro atoms. The van der Waals surface area contributed by atoms with Crippen LogP contribution in [0.15, 0.2) is 24.3 Å². The van der Waals surface area contributed by atoms with Gasteiger partial charge in [-0.05, 0) is 42.9 Å². The van der Waals surface area contributed by atoms with Crippen LogP contribution in [0.2, 0.25) is 0 Å². The fraction of sp³-hybridized carbons (Fsp3) is 0.611. The molecule has 1 aromatic carbocycles. The highest BCUT2D eigenvalue weighted by Gasteiger charge is 2.15. The van der Waals surface area contributed by atoms with E-state index in [0.717, 1.165) is 25.1 Å². The zero-order valence-electron chi connectivity index (χ0n) is 13.1. The fourth-order valence-corrected chi connectivity index (χ4v) is 2.88. The summed E-state index contributed by atoms with van der Waals surface area (Å²) in [5, 5.41) is 2.85. The van der Waals surface area contributed by atoms with Crippen LogP contribution in [-0.4, -0.2) is 19.1 Å². The SMILES string of the molecule is CCCCNC(=O)COc1ccc(C2CCCCC2)cc1. The Morgan fingerprint density at radius 3 is 2.57 bits per heavy atom. The number of amides is 1. The summed E-state index contributed by atoms with van der Waals surface area (Å²) in [4.78, 5) is 11.6. The highest BCUT2D eigenvalue weighted by atomic mass is 16.5. The lowest BCUT2D eigenvalue weighted by Crippen LogP contribution is -2.29.